The van der Waals surface area contributed by atoms with Crippen LogP contribution in [0.15, 0.2) is 65.6 Å². The summed E-state index contributed by atoms with van der Waals surface area (Å²) in [5.41, 5.74) is 2.09. The van der Waals surface area contributed by atoms with Gasteiger partial charge < -0.3 is 5.11 Å². The first-order chi connectivity index (χ1) is 9.25. The average Bonchev–Trinajstić information content (AvgIpc) is 2.45. The van der Waals surface area contributed by atoms with Crippen molar-refractivity contribution in [3.05, 3.63) is 71.8 Å². The average molecular weight is 270 g/mol. The van der Waals surface area contributed by atoms with E-state index in [1.165, 1.54) is 11.0 Å². The molecule has 2 rings (SSSR count). The molecule has 1 N–H and O–H groups in total. The van der Waals surface area contributed by atoms with E-state index in [-0.39, 0.29) is 0 Å². The molecule has 3 heteroatoms. The van der Waals surface area contributed by atoms with Crippen LogP contribution in [0.5, 0.6) is 0 Å². The van der Waals surface area contributed by atoms with E-state index in [4.69, 9.17) is 5.11 Å². The minimum atomic E-state index is -0.925. The number of hydrogen-bond donors (Lipinski definition) is 1. The first-order valence-corrected chi connectivity index (χ1v) is 6.91. The number of rotatable bonds is 5. The highest BCUT2D eigenvalue weighted by molar-refractivity contribution is 7.98. The lowest BCUT2D eigenvalue weighted by Crippen LogP contribution is -1.89. The normalized spacial score (nSPS) is 10.7. The van der Waals surface area contributed by atoms with Gasteiger partial charge in [0.05, 0.1) is 0 Å². The fraction of sp³-hybridized carbons (Fsp3) is 0.0625. The molecule has 2 aromatic carbocycles. The minimum Gasteiger partial charge on any atom is -0.478 e. The van der Waals surface area contributed by atoms with Gasteiger partial charge in [-0.2, -0.15) is 0 Å². The Labute approximate surface area is 116 Å². The summed E-state index contributed by atoms with van der Waals surface area (Å²) in [6, 6.07) is 18.0. The highest BCUT2D eigenvalue weighted by Gasteiger charge is 2.00. The highest BCUT2D eigenvalue weighted by atomic mass is 32.2. The third-order valence-corrected chi connectivity index (χ3v) is 3.66. The number of benzene rings is 2. The van der Waals surface area contributed by atoms with E-state index >= 15 is 0 Å². The zero-order valence-corrected chi connectivity index (χ0v) is 11.1. The van der Waals surface area contributed by atoms with Crippen molar-refractivity contribution < 1.29 is 9.90 Å². The summed E-state index contributed by atoms with van der Waals surface area (Å²) in [5, 5.41) is 8.68. The molecule has 0 bridgehead atoms. The molecule has 0 aliphatic rings. The molecule has 96 valence electrons. The molecular formula is C16H14O2S. The van der Waals surface area contributed by atoms with Crippen LogP contribution >= 0.6 is 11.8 Å². The molecule has 0 aliphatic carbocycles. The summed E-state index contributed by atoms with van der Waals surface area (Å²) < 4.78 is 0. The van der Waals surface area contributed by atoms with E-state index in [1.807, 2.05) is 42.5 Å². The van der Waals surface area contributed by atoms with Gasteiger partial charge in [0.2, 0.25) is 0 Å². The highest BCUT2D eigenvalue weighted by Crippen LogP contribution is 2.24. The van der Waals surface area contributed by atoms with Gasteiger partial charge in [0.1, 0.15) is 0 Å². The van der Waals surface area contributed by atoms with Gasteiger partial charge in [0, 0.05) is 16.7 Å². The predicted molar refractivity (Wildman–Crippen MR) is 79.1 cm³/mol. The lowest BCUT2D eigenvalue weighted by Gasteiger charge is -2.05. The van der Waals surface area contributed by atoms with Gasteiger partial charge in [-0.15, -0.1) is 11.8 Å². The van der Waals surface area contributed by atoms with Gasteiger partial charge in [-0.1, -0.05) is 42.5 Å². The Kier molecular flexibility index (Phi) is 4.81. The van der Waals surface area contributed by atoms with Crippen LogP contribution in [0.25, 0.3) is 6.08 Å². The van der Waals surface area contributed by atoms with E-state index in [2.05, 4.69) is 12.1 Å². The second-order valence-corrected chi connectivity index (χ2v) is 5.02. The second-order valence-electron chi connectivity index (χ2n) is 3.97. The van der Waals surface area contributed by atoms with Crippen molar-refractivity contribution in [2.45, 2.75) is 10.6 Å². The van der Waals surface area contributed by atoms with Crippen molar-refractivity contribution >= 4 is 23.8 Å². The zero-order valence-electron chi connectivity index (χ0n) is 10.3. The van der Waals surface area contributed by atoms with Crippen LogP contribution < -0.4 is 0 Å². The number of carbonyl (C=O) groups is 1. The SMILES string of the molecule is O=C(O)/C=C/c1ccccc1CSc1ccccc1. The predicted octanol–water partition coefficient (Wildman–Crippen LogP) is 4.08. The fourth-order valence-corrected chi connectivity index (χ4v) is 2.60. The zero-order chi connectivity index (χ0) is 13.5. The van der Waals surface area contributed by atoms with Crippen LogP contribution in [0, 0.1) is 0 Å². The van der Waals surface area contributed by atoms with Crippen molar-refractivity contribution in [3.63, 3.8) is 0 Å². The van der Waals surface area contributed by atoms with Crippen molar-refractivity contribution in [3.8, 4) is 0 Å². The third-order valence-electron chi connectivity index (χ3n) is 2.60. The standard InChI is InChI=1S/C16H14O2S/c17-16(18)11-10-13-6-4-5-7-14(13)12-19-15-8-2-1-3-9-15/h1-11H,12H2,(H,17,18)/b11-10+. The van der Waals surface area contributed by atoms with Gasteiger partial charge >= 0.3 is 5.97 Å². The maximum absolute atomic E-state index is 10.6. The monoisotopic (exact) mass is 270 g/mol. The summed E-state index contributed by atoms with van der Waals surface area (Å²) in [4.78, 5) is 11.8. The summed E-state index contributed by atoms with van der Waals surface area (Å²) in [6.45, 7) is 0. The second kappa shape index (κ2) is 6.81. The Bertz CT molecular complexity index is 576. The molecule has 0 fully saturated rings. The molecule has 2 aromatic rings. The summed E-state index contributed by atoms with van der Waals surface area (Å²) in [6.07, 6.45) is 2.81. The third kappa shape index (κ3) is 4.30. The smallest absolute Gasteiger partial charge is 0.328 e. The largest absolute Gasteiger partial charge is 0.478 e. The van der Waals surface area contributed by atoms with Crippen molar-refractivity contribution in [2.24, 2.45) is 0 Å². The number of carboxylic acid groups (broad SMARTS) is 1. The number of hydrogen-bond acceptors (Lipinski definition) is 2. The van der Waals surface area contributed by atoms with Gasteiger partial charge in [-0.05, 0) is 29.3 Å². The van der Waals surface area contributed by atoms with Crippen LogP contribution in [-0.2, 0) is 10.5 Å². The molecule has 19 heavy (non-hydrogen) atoms. The van der Waals surface area contributed by atoms with Gasteiger partial charge in [0.15, 0.2) is 0 Å². The van der Waals surface area contributed by atoms with Gasteiger partial charge in [-0.3, -0.25) is 0 Å². The fourth-order valence-electron chi connectivity index (χ4n) is 1.67. The number of aliphatic carboxylic acids is 1. The van der Waals surface area contributed by atoms with Gasteiger partial charge in [0.25, 0.3) is 0 Å². The molecular weight excluding hydrogens is 256 g/mol. The van der Waals surface area contributed by atoms with Crippen LogP contribution in [-0.4, -0.2) is 11.1 Å². The molecule has 0 heterocycles. The molecule has 0 saturated heterocycles. The number of carboxylic acids is 1. The Hall–Kier alpha value is -2.00. The first kappa shape index (κ1) is 13.4. The van der Waals surface area contributed by atoms with E-state index in [0.29, 0.717) is 0 Å². The van der Waals surface area contributed by atoms with E-state index in [9.17, 15) is 4.79 Å². The van der Waals surface area contributed by atoms with Crippen LogP contribution in [0.3, 0.4) is 0 Å². The Morgan fingerprint density at radius 2 is 1.74 bits per heavy atom. The first-order valence-electron chi connectivity index (χ1n) is 5.92. The van der Waals surface area contributed by atoms with Crippen LogP contribution in [0.4, 0.5) is 0 Å². The van der Waals surface area contributed by atoms with E-state index in [1.54, 1.807) is 17.8 Å². The molecule has 0 aliphatic heterocycles. The molecule has 2 nitrogen and oxygen atoms in total. The molecule has 0 spiro atoms. The molecule has 0 unspecified atom stereocenters. The van der Waals surface area contributed by atoms with Gasteiger partial charge in [-0.25, -0.2) is 4.79 Å². The van der Waals surface area contributed by atoms with Crippen molar-refractivity contribution in [1.82, 2.24) is 0 Å². The van der Waals surface area contributed by atoms with Crippen LogP contribution in [0.1, 0.15) is 11.1 Å². The topological polar surface area (TPSA) is 37.3 Å². The van der Waals surface area contributed by atoms with Crippen molar-refractivity contribution in [2.75, 3.05) is 0 Å². The minimum absolute atomic E-state index is 0.824. The quantitative estimate of drug-likeness (QED) is 0.657. The lowest BCUT2D eigenvalue weighted by atomic mass is 10.1. The lowest BCUT2D eigenvalue weighted by molar-refractivity contribution is -0.131. The molecule has 0 amide bonds. The maximum atomic E-state index is 10.6. The summed E-state index contributed by atoms with van der Waals surface area (Å²) >= 11 is 1.74. The summed E-state index contributed by atoms with van der Waals surface area (Å²) in [5.74, 6) is -0.102. The molecule has 0 aromatic heterocycles. The van der Waals surface area contributed by atoms with E-state index < -0.39 is 5.97 Å². The molecule has 0 saturated carbocycles. The Morgan fingerprint density at radius 3 is 2.47 bits per heavy atom. The van der Waals surface area contributed by atoms with Crippen LogP contribution in [0.2, 0.25) is 0 Å². The Morgan fingerprint density at radius 1 is 1.05 bits per heavy atom. The molecule has 0 radical (unpaired) electrons. The molecule has 0 atom stereocenters. The number of thioether (sulfide) groups is 1. The maximum Gasteiger partial charge on any atom is 0.328 e. The van der Waals surface area contributed by atoms with E-state index in [0.717, 1.165) is 16.9 Å². The summed E-state index contributed by atoms with van der Waals surface area (Å²) in [7, 11) is 0. The Balaban J connectivity index is 2.10. The van der Waals surface area contributed by atoms with Crippen molar-refractivity contribution in [1.29, 1.82) is 0 Å².